The van der Waals surface area contributed by atoms with Gasteiger partial charge in [0.25, 0.3) is 5.56 Å². The van der Waals surface area contributed by atoms with Crippen molar-refractivity contribution >= 4 is 5.91 Å². The molecule has 2 N–H and O–H groups in total. The summed E-state index contributed by atoms with van der Waals surface area (Å²) in [6.45, 7) is 0.802. The quantitative estimate of drug-likeness (QED) is 0.800. The number of carbonyl (C=O) groups is 1. The van der Waals surface area contributed by atoms with Crippen molar-refractivity contribution in [2.75, 3.05) is 6.54 Å². The third-order valence-electron chi connectivity index (χ3n) is 3.06. The highest BCUT2D eigenvalue weighted by molar-refractivity contribution is 5.75. The van der Waals surface area contributed by atoms with Crippen LogP contribution in [0, 0.1) is 0 Å². The SMILES string of the molecule is O=C(CCn1ccc(=O)[nH]c1=O)NCCc1ccccc1. The van der Waals surface area contributed by atoms with E-state index in [0.29, 0.717) is 6.54 Å². The van der Waals surface area contributed by atoms with E-state index in [2.05, 4.69) is 10.3 Å². The maximum absolute atomic E-state index is 11.7. The highest BCUT2D eigenvalue weighted by atomic mass is 16.2. The molecule has 0 fully saturated rings. The number of nitrogens with zero attached hydrogens (tertiary/aromatic N) is 1. The summed E-state index contributed by atoms with van der Waals surface area (Å²) in [6.07, 6.45) is 2.35. The predicted octanol–water partition coefficient (Wildman–Crippen LogP) is 0.286. The molecule has 2 aromatic rings. The van der Waals surface area contributed by atoms with Crippen LogP contribution in [0.2, 0.25) is 0 Å². The number of aryl methyl sites for hydroxylation is 1. The van der Waals surface area contributed by atoms with Gasteiger partial charge in [0.2, 0.25) is 5.91 Å². The van der Waals surface area contributed by atoms with Crippen LogP contribution in [0.5, 0.6) is 0 Å². The minimum absolute atomic E-state index is 0.121. The lowest BCUT2D eigenvalue weighted by Gasteiger charge is -2.06. The van der Waals surface area contributed by atoms with Crippen molar-refractivity contribution in [1.82, 2.24) is 14.9 Å². The number of aromatic amines is 1. The van der Waals surface area contributed by atoms with Gasteiger partial charge < -0.3 is 9.88 Å². The van der Waals surface area contributed by atoms with Crippen LogP contribution in [0.25, 0.3) is 0 Å². The molecular formula is C15H17N3O3. The van der Waals surface area contributed by atoms with Gasteiger partial charge in [0.15, 0.2) is 0 Å². The van der Waals surface area contributed by atoms with Crippen molar-refractivity contribution in [2.45, 2.75) is 19.4 Å². The highest BCUT2D eigenvalue weighted by Crippen LogP contribution is 1.98. The van der Waals surface area contributed by atoms with Gasteiger partial charge in [0.1, 0.15) is 0 Å². The first-order valence-corrected chi connectivity index (χ1v) is 6.75. The van der Waals surface area contributed by atoms with Gasteiger partial charge in [-0.25, -0.2) is 4.79 Å². The molecule has 0 aliphatic heterocycles. The van der Waals surface area contributed by atoms with Gasteiger partial charge in [-0.15, -0.1) is 0 Å². The summed E-state index contributed by atoms with van der Waals surface area (Å²) >= 11 is 0. The Labute approximate surface area is 121 Å². The molecule has 6 nitrogen and oxygen atoms in total. The van der Waals surface area contributed by atoms with Crippen molar-refractivity contribution in [3.63, 3.8) is 0 Å². The first-order chi connectivity index (χ1) is 10.1. The van der Waals surface area contributed by atoms with Crippen molar-refractivity contribution < 1.29 is 4.79 Å². The molecule has 0 atom stereocenters. The summed E-state index contributed by atoms with van der Waals surface area (Å²) in [4.78, 5) is 36.2. The number of rotatable bonds is 6. The predicted molar refractivity (Wildman–Crippen MR) is 79.1 cm³/mol. The van der Waals surface area contributed by atoms with Crippen LogP contribution in [-0.2, 0) is 17.8 Å². The average molecular weight is 287 g/mol. The molecule has 6 heteroatoms. The summed E-state index contributed by atoms with van der Waals surface area (Å²) in [6, 6.07) is 11.1. The standard InChI is InChI=1S/C15H17N3O3/c19-13(16-9-6-12-4-2-1-3-5-12)7-10-18-11-8-14(20)17-15(18)21/h1-5,8,11H,6-7,9-10H2,(H,16,19)(H,17,20,21). The van der Waals surface area contributed by atoms with E-state index < -0.39 is 11.2 Å². The molecule has 1 aromatic carbocycles. The van der Waals surface area contributed by atoms with Gasteiger partial charge in [-0.3, -0.25) is 14.6 Å². The van der Waals surface area contributed by atoms with Crippen LogP contribution in [-0.4, -0.2) is 22.0 Å². The molecule has 1 amide bonds. The Morgan fingerprint density at radius 2 is 1.90 bits per heavy atom. The molecule has 1 heterocycles. The Balaban J connectivity index is 1.75. The number of amides is 1. The Kier molecular flexibility index (Phi) is 5.09. The summed E-state index contributed by atoms with van der Waals surface area (Å²) in [7, 11) is 0. The molecule has 0 spiro atoms. The molecule has 0 saturated heterocycles. The third-order valence-corrected chi connectivity index (χ3v) is 3.06. The van der Waals surface area contributed by atoms with Gasteiger partial charge in [-0.1, -0.05) is 30.3 Å². The summed E-state index contributed by atoms with van der Waals surface area (Å²) < 4.78 is 1.30. The lowest BCUT2D eigenvalue weighted by atomic mass is 10.1. The molecule has 1 aromatic heterocycles. The lowest BCUT2D eigenvalue weighted by molar-refractivity contribution is -0.121. The minimum atomic E-state index is -0.500. The van der Waals surface area contributed by atoms with E-state index in [-0.39, 0.29) is 18.9 Å². The fourth-order valence-corrected chi connectivity index (χ4v) is 1.92. The van der Waals surface area contributed by atoms with E-state index in [0.717, 1.165) is 12.0 Å². The second kappa shape index (κ2) is 7.23. The van der Waals surface area contributed by atoms with Crippen molar-refractivity contribution in [1.29, 1.82) is 0 Å². The van der Waals surface area contributed by atoms with Crippen molar-refractivity contribution in [3.05, 3.63) is 69.0 Å². The molecule has 0 radical (unpaired) electrons. The van der Waals surface area contributed by atoms with Crippen LogP contribution >= 0.6 is 0 Å². The minimum Gasteiger partial charge on any atom is -0.356 e. The van der Waals surface area contributed by atoms with Gasteiger partial charge in [-0.05, 0) is 12.0 Å². The van der Waals surface area contributed by atoms with E-state index in [4.69, 9.17) is 0 Å². The molecule has 21 heavy (non-hydrogen) atoms. The molecule has 2 rings (SSSR count). The molecule has 0 bridgehead atoms. The Morgan fingerprint density at radius 3 is 2.62 bits per heavy atom. The fraction of sp³-hybridized carbons (Fsp3) is 0.267. The summed E-state index contributed by atoms with van der Waals surface area (Å²) in [5, 5.41) is 2.81. The largest absolute Gasteiger partial charge is 0.356 e. The number of hydrogen-bond donors (Lipinski definition) is 2. The molecule has 0 unspecified atom stereocenters. The van der Waals surface area contributed by atoms with Gasteiger partial charge in [0.05, 0.1) is 0 Å². The van der Waals surface area contributed by atoms with E-state index in [1.807, 2.05) is 30.3 Å². The summed E-state index contributed by atoms with van der Waals surface area (Å²) in [5.74, 6) is -0.121. The molecule has 0 aliphatic carbocycles. The van der Waals surface area contributed by atoms with Gasteiger partial charge >= 0.3 is 5.69 Å². The highest BCUT2D eigenvalue weighted by Gasteiger charge is 2.03. The summed E-state index contributed by atoms with van der Waals surface area (Å²) in [5.41, 5.74) is 0.220. The van der Waals surface area contributed by atoms with E-state index in [9.17, 15) is 14.4 Å². The van der Waals surface area contributed by atoms with E-state index >= 15 is 0 Å². The molecular weight excluding hydrogens is 270 g/mol. The fourth-order valence-electron chi connectivity index (χ4n) is 1.92. The van der Waals surface area contributed by atoms with Crippen molar-refractivity contribution in [2.24, 2.45) is 0 Å². The number of benzene rings is 1. The molecule has 0 saturated carbocycles. The Hall–Kier alpha value is -2.63. The maximum atomic E-state index is 11.7. The second-order valence-corrected chi connectivity index (χ2v) is 4.64. The Bertz CT molecular complexity index is 704. The van der Waals surface area contributed by atoms with Crippen LogP contribution in [0.4, 0.5) is 0 Å². The monoisotopic (exact) mass is 287 g/mol. The smallest absolute Gasteiger partial charge is 0.328 e. The van der Waals surface area contributed by atoms with Crippen LogP contribution in [0.15, 0.2) is 52.2 Å². The first-order valence-electron chi connectivity index (χ1n) is 6.75. The van der Waals surface area contributed by atoms with Gasteiger partial charge in [-0.2, -0.15) is 0 Å². The van der Waals surface area contributed by atoms with Crippen LogP contribution in [0.3, 0.4) is 0 Å². The average Bonchev–Trinajstić information content (AvgIpc) is 2.47. The number of aromatic nitrogens is 2. The number of nitrogens with one attached hydrogen (secondary N) is 2. The van der Waals surface area contributed by atoms with Crippen LogP contribution < -0.4 is 16.6 Å². The zero-order valence-electron chi connectivity index (χ0n) is 11.5. The van der Waals surface area contributed by atoms with Gasteiger partial charge in [0, 0.05) is 31.8 Å². The lowest BCUT2D eigenvalue weighted by Crippen LogP contribution is -2.31. The molecule has 0 aliphatic rings. The van der Waals surface area contributed by atoms with E-state index in [1.165, 1.54) is 16.8 Å². The number of H-pyrrole nitrogens is 1. The Morgan fingerprint density at radius 1 is 1.14 bits per heavy atom. The van der Waals surface area contributed by atoms with E-state index in [1.54, 1.807) is 0 Å². The third kappa shape index (κ3) is 4.76. The normalized spacial score (nSPS) is 10.3. The zero-order chi connectivity index (χ0) is 15.1. The maximum Gasteiger partial charge on any atom is 0.328 e. The van der Waals surface area contributed by atoms with Crippen LogP contribution in [0.1, 0.15) is 12.0 Å². The van der Waals surface area contributed by atoms with Crippen molar-refractivity contribution in [3.8, 4) is 0 Å². The number of carbonyl (C=O) groups excluding carboxylic acids is 1. The molecule has 110 valence electrons. The topological polar surface area (TPSA) is 84.0 Å². The number of hydrogen-bond acceptors (Lipinski definition) is 3. The second-order valence-electron chi connectivity index (χ2n) is 4.64. The zero-order valence-corrected chi connectivity index (χ0v) is 11.5. The first kappa shape index (κ1) is 14.8.